The molecule has 1 atom stereocenters. The van der Waals surface area contributed by atoms with Crippen LogP contribution in [0.5, 0.6) is 0 Å². The zero-order valence-electron chi connectivity index (χ0n) is 8.76. The number of hydrogen-bond donors (Lipinski definition) is 2. The van der Waals surface area contributed by atoms with E-state index in [1.54, 1.807) is 0 Å². The fraction of sp³-hybridized carbons (Fsp3) is 0.900. The van der Waals surface area contributed by atoms with Gasteiger partial charge in [0.25, 0.3) is 0 Å². The summed E-state index contributed by atoms with van der Waals surface area (Å²) in [5, 5.41) is 2.97. The lowest BCUT2D eigenvalue weighted by atomic mass is 10.0. The van der Waals surface area contributed by atoms with Crippen LogP contribution in [-0.4, -0.2) is 17.5 Å². The van der Waals surface area contributed by atoms with Gasteiger partial charge in [-0.25, -0.2) is 0 Å². The van der Waals surface area contributed by atoms with Crippen molar-refractivity contribution >= 4 is 5.91 Å². The number of nitrogens with two attached hydrogens (primary N) is 1. The first kappa shape index (κ1) is 10.5. The predicted molar refractivity (Wildman–Crippen MR) is 53.2 cm³/mol. The van der Waals surface area contributed by atoms with Crippen LogP contribution in [0.15, 0.2) is 0 Å². The van der Waals surface area contributed by atoms with Gasteiger partial charge in [0.15, 0.2) is 0 Å². The molecule has 3 heteroatoms. The molecule has 0 spiro atoms. The Labute approximate surface area is 80.1 Å². The fourth-order valence-corrected chi connectivity index (χ4v) is 1.32. The Morgan fingerprint density at radius 1 is 1.54 bits per heavy atom. The first-order valence-electron chi connectivity index (χ1n) is 5.00. The lowest BCUT2D eigenvalue weighted by Gasteiger charge is -2.17. The Hall–Kier alpha value is -0.570. The van der Waals surface area contributed by atoms with Crippen LogP contribution in [0.2, 0.25) is 0 Å². The number of amides is 1. The molecule has 0 heterocycles. The van der Waals surface area contributed by atoms with E-state index in [1.165, 1.54) is 0 Å². The van der Waals surface area contributed by atoms with E-state index in [0.29, 0.717) is 5.92 Å². The van der Waals surface area contributed by atoms with Crippen LogP contribution >= 0.6 is 0 Å². The zero-order chi connectivity index (χ0) is 10.1. The number of carbonyl (C=O) groups excluding carboxylic acids is 1. The van der Waals surface area contributed by atoms with Crippen molar-refractivity contribution in [3.8, 4) is 0 Å². The second-order valence-corrected chi connectivity index (χ2v) is 4.79. The molecule has 1 aliphatic carbocycles. The highest BCUT2D eigenvalue weighted by atomic mass is 16.2. The normalized spacial score (nSPS) is 21.3. The van der Waals surface area contributed by atoms with E-state index >= 15 is 0 Å². The van der Waals surface area contributed by atoms with Gasteiger partial charge in [0.2, 0.25) is 5.91 Å². The Morgan fingerprint density at radius 3 is 2.46 bits per heavy atom. The minimum atomic E-state index is -0.336. The molecule has 0 aromatic rings. The Morgan fingerprint density at radius 2 is 2.08 bits per heavy atom. The summed E-state index contributed by atoms with van der Waals surface area (Å²) >= 11 is 0. The van der Waals surface area contributed by atoms with Crippen molar-refractivity contribution in [1.29, 1.82) is 0 Å². The lowest BCUT2D eigenvalue weighted by molar-refractivity contribution is -0.123. The van der Waals surface area contributed by atoms with Gasteiger partial charge < -0.3 is 11.1 Å². The fourth-order valence-electron chi connectivity index (χ4n) is 1.32. The summed E-state index contributed by atoms with van der Waals surface area (Å²) < 4.78 is 0. The van der Waals surface area contributed by atoms with Gasteiger partial charge in [-0.2, -0.15) is 0 Å². The van der Waals surface area contributed by atoms with Gasteiger partial charge in [0, 0.05) is 5.54 Å². The molecule has 1 aliphatic rings. The molecule has 13 heavy (non-hydrogen) atoms. The van der Waals surface area contributed by atoms with Crippen molar-refractivity contribution in [2.45, 2.75) is 51.6 Å². The van der Waals surface area contributed by atoms with Gasteiger partial charge >= 0.3 is 0 Å². The summed E-state index contributed by atoms with van der Waals surface area (Å²) in [6.45, 7) is 6.21. The van der Waals surface area contributed by atoms with Crippen LogP contribution in [0.25, 0.3) is 0 Å². The monoisotopic (exact) mass is 184 g/mol. The average molecular weight is 184 g/mol. The summed E-state index contributed by atoms with van der Waals surface area (Å²) in [6.07, 6.45) is 2.95. The van der Waals surface area contributed by atoms with Crippen LogP contribution in [0.3, 0.4) is 0 Å². The van der Waals surface area contributed by atoms with Crippen molar-refractivity contribution < 1.29 is 4.79 Å². The number of rotatable bonds is 4. The molecule has 0 radical (unpaired) electrons. The van der Waals surface area contributed by atoms with E-state index in [4.69, 9.17) is 5.73 Å². The summed E-state index contributed by atoms with van der Waals surface area (Å²) in [5.41, 5.74) is 5.80. The summed E-state index contributed by atoms with van der Waals surface area (Å²) in [6, 6.07) is -0.336. The maximum atomic E-state index is 11.5. The zero-order valence-corrected chi connectivity index (χ0v) is 8.76. The minimum Gasteiger partial charge on any atom is -0.350 e. The predicted octanol–water partition coefficient (Wildman–Crippen LogP) is 1.03. The second-order valence-electron chi connectivity index (χ2n) is 4.79. The van der Waals surface area contributed by atoms with E-state index in [9.17, 15) is 4.79 Å². The van der Waals surface area contributed by atoms with Gasteiger partial charge in [0.1, 0.15) is 0 Å². The Bertz CT molecular complexity index is 197. The smallest absolute Gasteiger partial charge is 0.237 e. The van der Waals surface area contributed by atoms with E-state index in [2.05, 4.69) is 26.1 Å². The van der Waals surface area contributed by atoms with Crippen LogP contribution < -0.4 is 11.1 Å². The van der Waals surface area contributed by atoms with E-state index < -0.39 is 0 Å². The lowest BCUT2D eigenvalue weighted by Crippen LogP contribution is -2.46. The van der Waals surface area contributed by atoms with Gasteiger partial charge in [-0.3, -0.25) is 4.79 Å². The van der Waals surface area contributed by atoms with Crippen molar-refractivity contribution in [2.24, 2.45) is 11.7 Å². The van der Waals surface area contributed by atoms with E-state index in [1.807, 2.05) is 0 Å². The molecule has 1 rings (SSSR count). The standard InChI is InChI=1S/C10H20N2O/c1-7(2)6-8(11)9(13)12-10(3)4-5-10/h7-8H,4-6,11H2,1-3H3,(H,12,13). The largest absolute Gasteiger partial charge is 0.350 e. The van der Waals surface area contributed by atoms with E-state index in [0.717, 1.165) is 19.3 Å². The summed E-state index contributed by atoms with van der Waals surface area (Å²) in [5.74, 6) is 0.487. The highest BCUT2D eigenvalue weighted by molar-refractivity contribution is 5.82. The first-order valence-corrected chi connectivity index (χ1v) is 5.00. The first-order chi connectivity index (χ1) is 5.93. The van der Waals surface area contributed by atoms with Crippen LogP contribution in [0.4, 0.5) is 0 Å². The third-order valence-corrected chi connectivity index (χ3v) is 2.49. The van der Waals surface area contributed by atoms with Crippen molar-refractivity contribution in [3.05, 3.63) is 0 Å². The number of nitrogens with one attached hydrogen (secondary N) is 1. The quantitative estimate of drug-likeness (QED) is 0.685. The summed E-state index contributed by atoms with van der Waals surface area (Å²) in [7, 11) is 0. The van der Waals surface area contributed by atoms with Crippen LogP contribution in [0, 0.1) is 5.92 Å². The summed E-state index contributed by atoms with van der Waals surface area (Å²) in [4.78, 5) is 11.5. The molecule has 0 aromatic carbocycles. The molecule has 1 unspecified atom stereocenters. The maximum Gasteiger partial charge on any atom is 0.237 e. The van der Waals surface area contributed by atoms with Crippen LogP contribution in [-0.2, 0) is 4.79 Å². The van der Waals surface area contributed by atoms with Crippen LogP contribution in [0.1, 0.15) is 40.0 Å². The van der Waals surface area contributed by atoms with Gasteiger partial charge in [-0.1, -0.05) is 13.8 Å². The highest BCUT2D eigenvalue weighted by Gasteiger charge is 2.39. The molecule has 0 aromatic heterocycles. The maximum absolute atomic E-state index is 11.5. The Kier molecular flexibility index (Phi) is 2.96. The third kappa shape index (κ3) is 3.35. The van der Waals surface area contributed by atoms with Gasteiger partial charge in [-0.05, 0) is 32.1 Å². The molecular weight excluding hydrogens is 164 g/mol. The molecule has 1 amide bonds. The number of hydrogen-bond acceptors (Lipinski definition) is 2. The number of carbonyl (C=O) groups is 1. The average Bonchev–Trinajstić information content (AvgIpc) is 2.66. The SMILES string of the molecule is CC(C)CC(N)C(=O)NC1(C)CC1. The molecule has 76 valence electrons. The van der Waals surface area contributed by atoms with E-state index in [-0.39, 0.29) is 17.5 Å². The molecule has 1 fully saturated rings. The van der Waals surface area contributed by atoms with Gasteiger partial charge in [-0.15, -0.1) is 0 Å². The van der Waals surface area contributed by atoms with Gasteiger partial charge in [0.05, 0.1) is 6.04 Å². The van der Waals surface area contributed by atoms with Crippen molar-refractivity contribution in [2.75, 3.05) is 0 Å². The highest BCUT2D eigenvalue weighted by Crippen LogP contribution is 2.34. The molecule has 3 N–H and O–H groups in total. The third-order valence-electron chi connectivity index (χ3n) is 2.49. The molecule has 0 bridgehead atoms. The molecule has 3 nitrogen and oxygen atoms in total. The molecule has 0 aliphatic heterocycles. The molecular formula is C10H20N2O. The molecule has 0 saturated heterocycles. The minimum absolute atomic E-state index is 0.00806. The Balaban J connectivity index is 2.30. The molecule has 1 saturated carbocycles. The van der Waals surface area contributed by atoms with Crippen molar-refractivity contribution in [3.63, 3.8) is 0 Å². The second kappa shape index (κ2) is 3.66. The topological polar surface area (TPSA) is 55.1 Å². The van der Waals surface area contributed by atoms with Crippen molar-refractivity contribution in [1.82, 2.24) is 5.32 Å².